The van der Waals surface area contributed by atoms with Crippen molar-refractivity contribution in [3.63, 3.8) is 0 Å². The molecule has 0 aliphatic carbocycles. The molecule has 8 nitrogen and oxygen atoms in total. The number of primary amides is 1. The molecule has 0 aromatic heterocycles. The third-order valence-corrected chi connectivity index (χ3v) is 8.81. The van der Waals surface area contributed by atoms with Crippen molar-refractivity contribution in [3.8, 4) is 0 Å². The van der Waals surface area contributed by atoms with Crippen LogP contribution in [0.25, 0.3) is 0 Å². The first-order valence-electron chi connectivity index (χ1n) is 13.4. The lowest BCUT2D eigenvalue weighted by molar-refractivity contribution is -0.138. The molecule has 2 amide bonds. The van der Waals surface area contributed by atoms with E-state index in [-0.39, 0.29) is 35.1 Å². The fraction of sp³-hybridized carbons (Fsp3) is 0.679. The number of ketones is 1. The molecule has 0 radical (unpaired) electrons. The summed E-state index contributed by atoms with van der Waals surface area (Å²) in [5.41, 5.74) is 7.69. The van der Waals surface area contributed by atoms with Crippen molar-refractivity contribution in [2.75, 3.05) is 57.0 Å². The van der Waals surface area contributed by atoms with Crippen LogP contribution in [0.2, 0.25) is 0 Å². The Balaban J connectivity index is 1.70. The number of likely N-dealkylation sites (tertiary alicyclic amines) is 1. The van der Waals surface area contributed by atoms with Crippen LogP contribution in [-0.4, -0.2) is 96.9 Å². The zero-order valence-electron chi connectivity index (χ0n) is 22.9. The summed E-state index contributed by atoms with van der Waals surface area (Å²) in [6.07, 6.45) is 3.39. The van der Waals surface area contributed by atoms with Gasteiger partial charge in [0.1, 0.15) is 12.6 Å². The lowest BCUT2D eigenvalue weighted by Crippen LogP contribution is -2.46. The maximum Gasteiger partial charge on any atom is 0.249 e. The van der Waals surface area contributed by atoms with Crippen molar-refractivity contribution in [1.29, 1.82) is 0 Å². The van der Waals surface area contributed by atoms with Gasteiger partial charge in [-0.25, -0.2) is 0 Å². The zero-order chi connectivity index (χ0) is 26.9. The molecule has 0 saturated carbocycles. The predicted molar refractivity (Wildman–Crippen MR) is 148 cm³/mol. The number of rotatable bonds is 8. The van der Waals surface area contributed by atoms with Crippen LogP contribution in [0.4, 0.5) is 5.69 Å². The van der Waals surface area contributed by atoms with Gasteiger partial charge in [0, 0.05) is 44.0 Å². The Hall–Kier alpha value is -2.10. The number of nitrogens with two attached hydrogens (primary N) is 1. The average molecular weight is 531 g/mol. The molecule has 3 saturated heterocycles. The van der Waals surface area contributed by atoms with Crippen LogP contribution >= 0.6 is 11.8 Å². The number of amides is 2. The summed E-state index contributed by atoms with van der Waals surface area (Å²) < 4.78 is 5.80. The van der Waals surface area contributed by atoms with Crippen molar-refractivity contribution in [2.45, 2.75) is 63.9 Å². The summed E-state index contributed by atoms with van der Waals surface area (Å²) in [6, 6.07) is 5.16. The Morgan fingerprint density at radius 1 is 1.19 bits per heavy atom. The minimum atomic E-state index is -0.585. The number of fused-ring (bicyclic) bond motifs is 1. The van der Waals surface area contributed by atoms with Gasteiger partial charge >= 0.3 is 0 Å². The van der Waals surface area contributed by atoms with Crippen LogP contribution in [0.1, 0.15) is 62.4 Å². The van der Waals surface area contributed by atoms with E-state index in [1.807, 2.05) is 18.4 Å². The van der Waals surface area contributed by atoms with Crippen LogP contribution in [0.3, 0.4) is 0 Å². The Bertz CT molecular complexity index is 1020. The lowest BCUT2D eigenvalue weighted by atomic mass is 9.79. The van der Waals surface area contributed by atoms with Crippen molar-refractivity contribution in [2.24, 2.45) is 11.1 Å². The van der Waals surface area contributed by atoms with Gasteiger partial charge in [-0.1, -0.05) is 27.7 Å². The predicted octanol–water partition coefficient (Wildman–Crippen LogP) is 2.75. The number of benzene rings is 1. The molecule has 3 fully saturated rings. The third kappa shape index (κ3) is 5.99. The number of Topliss-reactive ketones (excluding diaryl/α,β-unsaturated/α-hetero) is 1. The van der Waals surface area contributed by atoms with Crippen molar-refractivity contribution in [3.05, 3.63) is 29.3 Å². The maximum absolute atomic E-state index is 14.3. The summed E-state index contributed by atoms with van der Waals surface area (Å²) in [6.45, 7) is 13.8. The monoisotopic (exact) mass is 530 g/mol. The molecule has 0 spiro atoms. The zero-order valence-corrected chi connectivity index (χ0v) is 23.7. The molecule has 2 N–H and O–H groups in total. The molecule has 0 bridgehead atoms. The first-order chi connectivity index (χ1) is 17.5. The molecule has 4 rings (SSSR count). The average Bonchev–Trinajstić information content (AvgIpc) is 3.42. The van der Waals surface area contributed by atoms with Crippen LogP contribution in [0.15, 0.2) is 18.2 Å². The molecular weight excluding hydrogens is 488 g/mol. The number of hydrogen-bond donors (Lipinski definition) is 1. The molecule has 37 heavy (non-hydrogen) atoms. The highest BCUT2D eigenvalue weighted by Gasteiger charge is 2.53. The highest BCUT2D eigenvalue weighted by atomic mass is 32.2. The summed E-state index contributed by atoms with van der Waals surface area (Å²) >= 11 is 1.63. The lowest BCUT2D eigenvalue weighted by Gasteiger charge is -2.37. The van der Waals surface area contributed by atoms with Gasteiger partial charge in [-0.15, -0.1) is 0 Å². The van der Waals surface area contributed by atoms with E-state index in [1.54, 1.807) is 22.7 Å². The molecule has 204 valence electrons. The molecule has 3 aliphatic heterocycles. The Kier molecular flexibility index (Phi) is 8.55. The van der Waals surface area contributed by atoms with Crippen LogP contribution in [0.5, 0.6) is 0 Å². The Morgan fingerprint density at radius 3 is 2.49 bits per heavy atom. The highest BCUT2D eigenvalue weighted by molar-refractivity contribution is 7.99. The number of nitrogens with zero attached hydrogens (tertiary/aromatic N) is 3. The fourth-order valence-electron chi connectivity index (χ4n) is 6.00. The Labute approximate surface area is 225 Å². The number of ether oxygens (including phenoxy) is 1. The fourth-order valence-corrected chi connectivity index (χ4v) is 6.80. The standard InChI is InChI=1S/C28H42N4O4S/c1-6-9-30-10-12-31(13-11-30)18-7-8-19(26(29)34)20(14-18)21(15-28(2,3)4)27(35)32-16-23(37-5)25-24(32)22(33)17-36-25/h7-8,14,21,23-25H,6,9-13,15-17H2,1-5H3,(H2,29,34)/t21-,23-,24+,25+/m0/s1. The topological polar surface area (TPSA) is 96.2 Å². The van der Waals surface area contributed by atoms with Gasteiger partial charge in [0.05, 0.1) is 17.3 Å². The molecular formula is C28H42N4O4S. The smallest absolute Gasteiger partial charge is 0.249 e. The Morgan fingerprint density at radius 2 is 1.89 bits per heavy atom. The van der Waals surface area contributed by atoms with E-state index in [1.165, 1.54) is 0 Å². The van der Waals surface area contributed by atoms with Crippen molar-refractivity contribution < 1.29 is 19.1 Å². The first-order valence-corrected chi connectivity index (χ1v) is 14.7. The summed E-state index contributed by atoms with van der Waals surface area (Å²) in [5, 5.41) is 0.0528. The minimum Gasteiger partial charge on any atom is -0.369 e. The number of carbonyl (C=O) groups is 3. The number of piperazine rings is 1. The number of carbonyl (C=O) groups excluding carboxylic acids is 3. The largest absolute Gasteiger partial charge is 0.369 e. The van der Waals surface area contributed by atoms with E-state index < -0.39 is 17.9 Å². The van der Waals surface area contributed by atoms with Gasteiger partial charge in [0.2, 0.25) is 11.8 Å². The van der Waals surface area contributed by atoms with Crippen LogP contribution in [0, 0.1) is 5.41 Å². The van der Waals surface area contributed by atoms with E-state index in [2.05, 4.69) is 37.5 Å². The first kappa shape index (κ1) is 27.9. The molecule has 1 aromatic rings. The second kappa shape index (κ2) is 11.3. The molecule has 0 unspecified atom stereocenters. The second-order valence-electron chi connectivity index (χ2n) is 11.7. The van der Waals surface area contributed by atoms with Gasteiger partial charge in [0.15, 0.2) is 5.78 Å². The molecule has 9 heteroatoms. The van der Waals surface area contributed by atoms with Crippen molar-refractivity contribution >= 4 is 35.0 Å². The summed E-state index contributed by atoms with van der Waals surface area (Å²) in [4.78, 5) is 46.1. The van der Waals surface area contributed by atoms with Gasteiger partial charge in [-0.05, 0) is 54.8 Å². The number of hydrogen-bond acceptors (Lipinski definition) is 7. The van der Waals surface area contributed by atoms with Crippen LogP contribution < -0.4 is 10.6 Å². The number of anilines is 1. The normalized spacial score (nSPS) is 25.4. The quantitative estimate of drug-likeness (QED) is 0.552. The van der Waals surface area contributed by atoms with Crippen LogP contribution in [-0.2, 0) is 14.3 Å². The second-order valence-corrected chi connectivity index (χ2v) is 12.8. The summed E-state index contributed by atoms with van der Waals surface area (Å²) in [7, 11) is 0. The van der Waals surface area contributed by atoms with Gasteiger partial charge in [-0.3, -0.25) is 19.3 Å². The van der Waals surface area contributed by atoms with Crippen molar-refractivity contribution in [1.82, 2.24) is 9.80 Å². The molecule has 3 heterocycles. The van der Waals surface area contributed by atoms with E-state index >= 15 is 0 Å². The molecule has 4 atom stereocenters. The maximum atomic E-state index is 14.3. The summed E-state index contributed by atoms with van der Waals surface area (Å²) in [5.74, 6) is -1.29. The van der Waals surface area contributed by atoms with Gasteiger partial charge in [-0.2, -0.15) is 11.8 Å². The minimum absolute atomic E-state index is 0.0433. The van der Waals surface area contributed by atoms with E-state index in [9.17, 15) is 14.4 Å². The third-order valence-electron chi connectivity index (χ3n) is 7.79. The van der Waals surface area contributed by atoms with Gasteiger partial charge < -0.3 is 20.3 Å². The highest BCUT2D eigenvalue weighted by Crippen LogP contribution is 2.40. The van der Waals surface area contributed by atoms with E-state index in [0.717, 1.165) is 44.8 Å². The molecule has 3 aliphatic rings. The van der Waals surface area contributed by atoms with E-state index in [4.69, 9.17) is 10.5 Å². The number of thioether (sulfide) groups is 1. The molecule has 1 aromatic carbocycles. The van der Waals surface area contributed by atoms with E-state index in [0.29, 0.717) is 24.1 Å². The SMILES string of the molecule is CCCN1CCN(c2ccc(C(N)=O)c([C@H](CC(C)(C)C)C(=O)N3C[C@H](SC)[C@H]4OCC(=O)[C@H]43)c2)CC1. The van der Waals surface area contributed by atoms with Gasteiger partial charge in [0.25, 0.3) is 0 Å².